The number of hydrogen-bond acceptors (Lipinski definition) is 5. The summed E-state index contributed by atoms with van der Waals surface area (Å²) < 4.78 is 5.36. The molecule has 4 rings (SSSR count). The maximum absolute atomic E-state index is 9.50. The van der Waals surface area contributed by atoms with Crippen LogP contribution in [0.2, 0.25) is 0 Å². The van der Waals surface area contributed by atoms with Crippen molar-refractivity contribution in [2.45, 2.75) is 0 Å². The standard InChI is InChI=1S/C15H11N5O2/c21-20-14(10-4-6-16-15-13(10)17-8-18-15)19-11-2-1-3-12-9(11)5-7-22-12/h1-8,21H,(H,19,20)(H,16,17,18). The molecule has 1 aromatic carbocycles. The van der Waals surface area contributed by atoms with E-state index >= 15 is 0 Å². The van der Waals surface area contributed by atoms with Crippen LogP contribution in [0.25, 0.3) is 22.1 Å². The van der Waals surface area contributed by atoms with E-state index in [0.29, 0.717) is 28.3 Å². The number of aliphatic imine (C=N–C) groups is 1. The van der Waals surface area contributed by atoms with Gasteiger partial charge in [0.2, 0.25) is 0 Å². The summed E-state index contributed by atoms with van der Waals surface area (Å²) in [5, 5.41) is 10.4. The molecule has 22 heavy (non-hydrogen) atoms. The van der Waals surface area contributed by atoms with Crippen LogP contribution in [0.3, 0.4) is 0 Å². The molecule has 0 aliphatic heterocycles. The minimum atomic E-state index is 0.297. The minimum absolute atomic E-state index is 0.297. The lowest BCUT2D eigenvalue weighted by Crippen LogP contribution is -2.20. The molecule has 7 heteroatoms. The first-order chi connectivity index (χ1) is 10.9. The number of hydroxylamine groups is 1. The fourth-order valence-corrected chi connectivity index (χ4v) is 2.39. The minimum Gasteiger partial charge on any atom is -0.464 e. The van der Waals surface area contributed by atoms with Crippen LogP contribution in [0, 0.1) is 0 Å². The summed E-state index contributed by atoms with van der Waals surface area (Å²) in [6.07, 6.45) is 4.77. The van der Waals surface area contributed by atoms with Crippen molar-refractivity contribution in [2.75, 3.05) is 0 Å². The number of nitrogens with zero attached hydrogens (tertiary/aromatic N) is 3. The quantitative estimate of drug-likeness (QED) is 0.300. The van der Waals surface area contributed by atoms with Crippen LogP contribution in [0.15, 0.2) is 58.5 Å². The Labute approximate surface area is 124 Å². The van der Waals surface area contributed by atoms with Crippen LogP contribution in [-0.4, -0.2) is 26.0 Å². The van der Waals surface area contributed by atoms with E-state index in [9.17, 15) is 5.21 Å². The topological polar surface area (TPSA) is 99.3 Å². The molecule has 0 unspecified atom stereocenters. The molecule has 0 fully saturated rings. The predicted molar refractivity (Wildman–Crippen MR) is 81.2 cm³/mol. The number of aromatic nitrogens is 3. The first-order valence-corrected chi connectivity index (χ1v) is 6.60. The van der Waals surface area contributed by atoms with Gasteiger partial charge in [-0.15, -0.1) is 0 Å². The maximum atomic E-state index is 9.50. The average molecular weight is 293 g/mol. The smallest absolute Gasteiger partial charge is 0.178 e. The number of aromatic amines is 1. The Balaban J connectivity index is 1.92. The maximum Gasteiger partial charge on any atom is 0.178 e. The number of H-pyrrole nitrogens is 1. The summed E-state index contributed by atoms with van der Waals surface area (Å²) in [5.41, 5.74) is 5.50. The monoisotopic (exact) mass is 293 g/mol. The molecule has 4 aromatic rings. The Hall–Kier alpha value is -3.19. The zero-order chi connectivity index (χ0) is 14.9. The number of fused-ring (bicyclic) bond motifs is 2. The van der Waals surface area contributed by atoms with Crippen LogP contribution >= 0.6 is 0 Å². The van der Waals surface area contributed by atoms with Crippen molar-refractivity contribution in [2.24, 2.45) is 4.99 Å². The first kappa shape index (κ1) is 12.5. The molecule has 7 nitrogen and oxygen atoms in total. The number of amidine groups is 1. The molecule has 0 radical (unpaired) electrons. The molecule has 3 aromatic heterocycles. The van der Waals surface area contributed by atoms with Gasteiger partial charge in [-0.2, -0.15) is 0 Å². The Bertz CT molecular complexity index is 986. The molecule has 0 aliphatic carbocycles. The van der Waals surface area contributed by atoms with Gasteiger partial charge in [0.15, 0.2) is 11.5 Å². The fourth-order valence-electron chi connectivity index (χ4n) is 2.39. The highest BCUT2D eigenvalue weighted by atomic mass is 16.5. The Morgan fingerprint density at radius 2 is 2.18 bits per heavy atom. The van der Waals surface area contributed by atoms with Crippen LogP contribution < -0.4 is 5.48 Å². The van der Waals surface area contributed by atoms with Crippen LogP contribution in [0.4, 0.5) is 5.69 Å². The lowest BCUT2D eigenvalue weighted by Gasteiger charge is -2.06. The summed E-state index contributed by atoms with van der Waals surface area (Å²) in [4.78, 5) is 15.7. The predicted octanol–water partition coefficient (Wildman–Crippen LogP) is 2.76. The van der Waals surface area contributed by atoms with E-state index in [0.717, 1.165) is 11.0 Å². The van der Waals surface area contributed by atoms with Crippen molar-refractivity contribution in [3.63, 3.8) is 0 Å². The van der Waals surface area contributed by atoms with Crippen molar-refractivity contribution in [3.05, 3.63) is 54.7 Å². The summed E-state index contributed by atoms with van der Waals surface area (Å²) in [7, 11) is 0. The molecular formula is C15H11N5O2. The zero-order valence-electron chi connectivity index (χ0n) is 11.3. The molecule has 0 saturated carbocycles. The second-order valence-corrected chi connectivity index (χ2v) is 4.64. The van der Waals surface area contributed by atoms with Gasteiger partial charge in [0, 0.05) is 17.1 Å². The van der Waals surface area contributed by atoms with Gasteiger partial charge in [-0.3, -0.25) is 10.7 Å². The highest BCUT2D eigenvalue weighted by molar-refractivity contribution is 6.08. The van der Waals surface area contributed by atoms with Gasteiger partial charge in [-0.05, 0) is 24.3 Å². The third kappa shape index (κ3) is 1.92. The third-order valence-corrected chi connectivity index (χ3v) is 3.39. The zero-order valence-corrected chi connectivity index (χ0v) is 11.3. The molecule has 0 atom stereocenters. The molecular weight excluding hydrogens is 282 g/mol. The number of imidazole rings is 1. The summed E-state index contributed by atoms with van der Waals surface area (Å²) in [6.45, 7) is 0. The molecule has 0 spiro atoms. The second kappa shape index (κ2) is 4.97. The first-order valence-electron chi connectivity index (χ1n) is 6.60. The second-order valence-electron chi connectivity index (χ2n) is 4.64. The largest absolute Gasteiger partial charge is 0.464 e. The molecule has 108 valence electrons. The Morgan fingerprint density at radius 3 is 3.09 bits per heavy atom. The van der Waals surface area contributed by atoms with E-state index in [-0.39, 0.29) is 0 Å². The van der Waals surface area contributed by atoms with Crippen molar-refractivity contribution >= 4 is 33.7 Å². The molecule has 0 amide bonds. The van der Waals surface area contributed by atoms with Crippen LogP contribution in [0.5, 0.6) is 0 Å². The molecule has 0 saturated heterocycles. The van der Waals surface area contributed by atoms with Crippen molar-refractivity contribution in [1.29, 1.82) is 0 Å². The van der Waals surface area contributed by atoms with E-state index in [1.165, 1.54) is 0 Å². The highest BCUT2D eigenvalue weighted by Gasteiger charge is 2.11. The fraction of sp³-hybridized carbons (Fsp3) is 0. The number of benzene rings is 1. The Morgan fingerprint density at radius 1 is 1.23 bits per heavy atom. The molecule has 0 bridgehead atoms. The van der Waals surface area contributed by atoms with Crippen LogP contribution in [0.1, 0.15) is 5.56 Å². The number of rotatable bonds is 2. The van der Waals surface area contributed by atoms with E-state index in [1.54, 1.807) is 24.9 Å². The van der Waals surface area contributed by atoms with Gasteiger partial charge in [0.05, 0.1) is 23.8 Å². The molecule has 0 aliphatic rings. The van der Waals surface area contributed by atoms with Gasteiger partial charge in [0.1, 0.15) is 5.58 Å². The molecule has 3 heterocycles. The number of hydrogen-bond donors (Lipinski definition) is 3. The summed E-state index contributed by atoms with van der Waals surface area (Å²) in [5.74, 6) is 0.297. The lowest BCUT2D eigenvalue weighted by atomic mass is 10.2. The number of nitrogens with one attached hydrogen (secondary N) is 2. The van der Waals surface area contributed by atoms with E-state index in [1.807, 2.05) is 24.3 Å². The molecule has 3 N–H and O–H groups in total. The normalized spacial score (nSPS) is 12.1. The van der Waals surface area contributed by atoms with Gasteiger partial charge in [-0.25, -0.2) is 15.0 Å². The summed E-state index contributed by atoms with van der Waals surface area (Å²) >= 11 is 0. The number of pyridine rings is 1. The van der Waals surface area contributed by atoms with Gasteiger partial charge >= 0.3 is 0 Å². The number of furan rings is 1. The van der Waals surface area contributed by atoms with E-state index in [4.69, 9.17) is 4.42 Å². The van der Waals surface area contributed by atoms with E-state index in [2.05, 4.69) is 25.4 Å². The van der Waals surface area contributed by atoms with E-state index < -0.39 is 0 Å². The highest BCUT2D eigenvalue weighted by Crippen LogP contribution is 2.27. The average Bonchev–Trinajstić information content (AvgIpc) is 3.21. The van der Waals surface area contributed by atoms with Gasteiger partial charge in [-0.1, -0.05) is 6.07 Å². The SMILES string of the molecule is ONC(=Nc1cccc2occc12)c1ccnc2nc[nH]c12. The van der Waals surface area contributed by atoms with Crippen molar-refractivity contribution in [1.82, 2.24) is 20.4 Å². The van der Waals surface area contributed by atoms with Gasteiger partial charge < -0.3 is 9.40 Å². The Kier molecular flexibility index (Phi) is 2.84. The van der Waals surface area contributed by atoms with Gasteiger partial charge in [0.25, 0.3) is 0 Å². The summed E-state index contributed by atoms with van der Waals surface area (Å²) in [6, 6.07) is 9.14. The van der Waals surface area contributed by atoms with Crippen LogP contribution in [-0.2, 0) is 0 Å². The van der Waals surface area contributed by atoms with Crippen molar-refractivity contribution in [3.8, 4) is 0 Å². The van der Waals surface area contributed by atoms with Crippen molar-refractivity contribution < 1.29 is 9.62 Å². The lowest BCUT2D eigenvalue weighted by molar-refractivity contribution is 0.235. The third-order valence-electron chi connectivity index (χ3n) is 3.39.